The molecule has 0 saturated heterocycles. The minimum Gasteiger partial charge on any atom is -0.206 e. The van der Waals surface area contributed by atoms with E-state index in [2.05, 4.69) is 15.9 Å². The van der Waals surface area contributed by atoms with Crippen LogP contribution < -0.4 is 0 Å². The first kappa shape index (κ1) is 12.0. The number of halogens is 5. The van der Waals surface area contributed by atoms with Gasteiger partial charge in [-0.1, -0.05) is 0 Å². The van der Waals surface area contributed by atoms with Crippen LogP contribution in [0, 0.1) is 17.1 Å². The Labute approximate surface area is 91.4 Å². The highest BCUT2D eigenvalue weighted by Crippen LogP contribution is 2.36. The summed E-state index contributed by atoms with van der Waals surface area (Å²) in [7, 11) is 0. The molecule has 0 aromatic heterocycles. The van der Waals surface area contributed by atoms with Crippen molar-refractivity contribution in [1.29, 1.82) is 5.26 Å². The molecule has 0 spiro atoms. The molecular weight excluding hydrogens is 278 g/mol. The molecule has 1 aromatic carbocycles. The Morgan fingerprint density at radius 3 is 2.40 bits per heavy atom. The molecule has 0 saturated carbocycles. The van der Waals surface area contributed by atoms with Crippen LogP contribution >= 0.6 is 15.9 Å². The normalized spacial score (nSPS) is 11.2. The molecule has 0 heterocycles. The van der Waals surface area contributed by atoms with Crippen molar-refractivity contribution in [2.75, 3.05) is 0 Å². The van der Waals surface area contributed by atoms with E-state index in [1.165, 1.54) is 0 Å². The Kier molecular flexibility index (Phi) is 3.35. The summed E-state index contributed by atoms with van der Waals surface area (Å²) in [6.07, 6.45) is -5.07. The smallest absolute Gasteiger partial charge is 0.206 e. The highest BCUT2D eigenvalue weighted by molar-refractivity contribution is 9.10. The van der Waals surface area contributed by atoms with Gasteiger partial charge in [0.1, 0.15) is 5.82 Å². The number of nitriles is 1. The van der Waals surface area contributed by atoms with Crippen LogP contribution in [0.2, 0.25) is 0 Å². The summed E-state index contributed by atoms with van der Waals surface area (Å²) < 4.78 is 49.9. The summed E-state index contributed by atoms with van der Waals surface area (Å²) in [6, 6.07) is 2.92. The van der Waals surface area contributed by atoms with Crippen molar-refractivity contribution in [3.05, 3.63) is 33.5 Å². The molecule has 1 aromatic rings. The zero-order chi connectivity index (χ0) is 11.6. The van der Waals surface area contributed by atoms with Crippen LogP contribution in [-0.2, 0) is 12.6 Å². The lowest BCUT2D eigenvalue weighted by Gasteiger charge is -2.12. The zero-order valence-corrected chi connectivity index (χ0v) is 8.78. The molecule has 1 rings (SSSR count). The van der Waals surface area contributed by atoms with Crippen molar-refractivity contribution in [1.82, 2.24) is 0 Å². The minimum absolute atomic E-state index is 0.307. The molecule has 0 aliphatic rings. The van der Waals surface area contributed by atoms with Crippen LogP contribution in [0.1, 0.15) is 11.1 Å². The first-order valence-corrected chi connectivity index (χ1v) is 4.58. The van der Waals surface area contributed by atoms with Gasteiger partial charge in [0.2, 0.25) is 0 Å². The van der Waals surface area contributed by atoms with Gasteiger partial charge in [-0.3, -0.25) is 0 Å². The van der Waals surface area contributed by atoms with E-state index < -0.39 is 24.0 Å². The van der Waals surface area contributed by atoms with Gasteiger partial charge in [-0.05, 0) is 33.6 Å². The predicted molar refractivity (Wildman–Crippen MR) is 48.4 cm³/mol. The van der Waals surface area contributed by atoms with Crippen LogP contribution in [0.25, 0.3) is 0 Å². The van der Waals surface area contributed by atoms with Crippen LogP contribution in [0.5, 0.6) is 0 Å². The number of rotatable bonds is 1. The number of nitrogens with zero attached hydrogens (tertiary/aromatic N) is 1. The standard InChI is InChI=1S/C9H4BrF4N/c10-8-5(3-4-15)6(9(12,13)14)1-2-7(8)11/h1-2H,3H2. The fourth-order valence-corrected chi connectivity index (χ4v) is 1.60. The topological polar surface area (TPSA) is 23.8 Å². The van der Waals surface area contributed by atoms with Crippen molar-refractivity contribution >= 4 is 15.9 Å². The Balaban J connectivity index is 3.41. The second kappa shape index (κ2) is 4.19. The number of hydrogen-bond acceptors (Lipinski definition) is 1. The largest absolute Gasteiger partial charge is 0.416 e. The van der Waals surface area contributed by atoms with Crippen molar-refractivity contribution in [2.24, 2.45) is 0 Å². The van der Waals surface area contributed by atoms with Gasteiger partial charge in [-0.25, -0.2) is 4.39 Å². The van der Waals surface area contributed by atoms with Gasteiger partial charge in [0, 0.05) is 0 Å². The van der Waals surface area contributed by atoms with Gasteiger partial charge in [0.05, 0.1) is 22.5 Å². The first-order chi connectivity index (χ1) is 6.88. The third kappa shape index (κ3) is 2.48. The van der Waals surface area contributed by atoms with E-state index in [1.807, 2.05) is 0 Å². The maximum atomic E-state index is 12.9. The van der Waals surface area contributed by atoms with E-state index in [1.54, 1.807) is 6.07 Å². The third-order valence-corrected chi connectivity index (χ3v) is 2.61. The lowest BCUT2D eigenvalue weighted by molar-refractivity contribution is -0.138. The summed E-state index contributed by atoms with van der Waals surface area (Å²) in [6.45, 7) is 0. The Hall–Kier alpha value is -1.09. The molecule has 80 valence electrons. The van der Waals surface area contributed by atoms with E-state index in [4.69, 9.17) is 5.26 Å². The number of benzene rings is 1. The Morgan fingerprint density at radius 2 is 1.93 bits per heavy atom. The number of alkyl halides is 3. The molecule has 0 bridgehead atoms. The monoisotopic (exact) mass is 281 g/mol. The molecule has 0 aliphatic carbocycles. The molecule has 0 N–H and O–H groups in total. The molecule has 6 heteroatoms. The fourth-order valence-electron chi connectivity index (χ4n) is 1.11. The first-order valence-electron chi connectivity index (χ1n) is 3.79. The second-order valence-corrected chi connectivity index (χ2v) is 3.51. The van der Waals surface area contributed by atoms with Gasteiger partial charge < -0.3 is 0 Å². The molecule has 15 heavy (non-hydrogen) atoms. The van der Waals surface area contributed by atoms with Crippen LogP contribution in [0.4, 0.5) is 17.6 Å². The highest BCUT2D eigenvalue weighted by Gasteiger charge is 2.34. The molecular formula is C9H4BrF4N. The molecule has 0 unspecified atom stereocenters. The average Bonchev–Trinajstić information content (AvgIpc) is 2.11. The number of hydrogen-bond donors (Lipinski definition) is 0. The summed E-state index contributed by atoms with van der Waals surface area (Å²) in [4.78, 5) is 0. The maximum absolute atomic E-state index is 12.9. The lowest BCUT2D eigenvalue weighted by atomic mass is 10.0. The summed E-state index contributed by atoms with van der Waals surface area (Å²) in [5, 5.41) is 8.36. The van der Waals surface area contributed by atoms with Crippen LogP contribution in [0.15, 0.2) is 16.6 Å². The van der Waals surface area contributed by atoms with E-state index in [0.717, 1.165) is 0 Å². The molecule has 0 atom stereocenters. The molecule has 0 aliphatic heterocycles. The lowest BCUT2D eigenvalue weighted by Crippen LogP contribution is -2.10. The molecule has 1 nitrogen and oxygen atoms in total. The van der Waals surface area contributed by atoms with Crippen LogP contribution in [-0.4, -0.2) is 0 Å². The van der Waals surface area contributed by atoms with Gasteiger partial charge in [-0.15, -0.1) is 0 Å². The van der Waals surface area contributed by atoms with Gasteiger partial charge in [0.15, 0.2) is 0 Å². The van der Waals surface area contributed by atoms with Crippen molar-refractivity contribution in [3.8, 4) is 6.07 Å². The minimum atomic E-state index is -4.58. The quantitative estimate of drug-likeness (QED) is 0.721. The molecule has 0 fully saturated rings. The summed E-state index contributed by atoms with van der Waals surface area (Å²) in [5.74, 6) is -0.812. The van der Waals surface area contributed by atoms with Crippen molar-refractivity contribution in [3.63, 3.8) is 0 Å². The van der Waals surface area contributed by atoms with Gasteiger partial charge in [0.25, 0.3) is 0 Å². The van der Waals surface area contributed by atoms with Gasteiger partial charge >= 0.3 is 6.18 Å². The third-order valence-electron chi connectivity index (χ3n) is 1.76. The van der Waals surface area contributed by atoms with Gasteiger partial charge in [-0.2, -0.15) is 18.4 Å². The highest BCUT2D eigenvalue weighted by atomic mass is 79.9. The summed E-state index contributed by atoms with van der Waals surface area (Å²) >= 11 is 2.70. The van der Waals surface area contributed by atoms with Crippen molar-refractivity contribution in [2.45, 2.75) is 12.6 Å². The predicted octanol–water partition coefficient (Wildman–Crippen LogP) is 3.67. The maximum Gasteiger partial charge on any atom is 0.416 e. The zero-order valence-electron chi connectivity index (χ0n) is 7.20. The average molecular weight is 282 g/mol. The molecule has 0 radical (unpaired) electrons. The SMILES string of the molecule is N#CCc1c(C(F)(F)F)ccc(F)c1Br. The van der Waals surface area contributed by atoms with Crippen molar-refractivity contribution < 1.29 is 17.6 Å². The van der Waals surface area contributed by atoms with E-state index in [0.29, 0.717) is 12.1 Å². The second-order valence-electron chi connectivity index (χ2n) is 2.72. The Bertz CT molecular complexity index is 419. The van der Waals surface area contributed by atoms with E-state index >= 15 is 0 Å². The Morgan fingerprint density at radius 1 is 1.33 bits per heavy atom. The van der Waals surface area contributed by atoms with Crippen LogP contribution in [0.3, 0.4) is 0 Å². The van der Waals surface area contributed by atoms with E-state index in [9.17, 15) is 17.6 Å². The van der Waals surface area contributed by atoms with E-state index in [-0.39, 0.29) is 10.0 Å². The summed E-state index contributed by atoms with van der Waals surface area (Å²) in [5.41, 5.74) is -1.36. The fraction of sp³-hybridized carbons (Fsp3) is 0.222. The molecule has 0 amide bonds.